The van der Waals surface area contributed by atoms with Crippen molar-refractivity contribution in [3.05, 3.63) is 357 Å². The summed E-state index contributed by atoms with van der Waals surface area (Å²) >= 11 is 3.37. The molecular weight excluding hydrogens is 1770 g/mol. The molecule has 22 aromatic rings. The Hall–Kier alpha value is -17.9. The summed E-state index contributed by atoms with van der Waals surface area (Å²) in [5.41, 5.74) is 20.2. The number of furan rings is 1. The molecular formula is C105H82N20O10S2. The molecule has 0 radical (unpaired) electrons. The first kappa shape index (κ1) is 89.7. The second-order valence-corrected chi connectivity index (χ2v) is 32.3. The number of aliphatic imine (C=N–C) groups is 1. The fourth-order valence-corrected chi connectivity index (χ4v) is 15.9. The first-order chi connectivity index (χ1) is 67.6. The van der Waals surface area contributed by atoms with Crippen LogP contribution in [-0.4, -0.2) is 123 Å². The van der Waals surface area contributed by atoms with E-state index in [1.807, 2.05) is 234 Å². The summed E-state index contributed by atoms with van der Waals surface area (Å²) in [6.07, 6.45) is 24.0. The van der Waals surface area contributed by atoms with Crippen molar-refractivity contribution in [3.63, 3.8) is 0 Å². The number of pyridine rings is 5. The van der Waals surface area contributed by atoms with Gasteiger partial charge < -0.3 is 50.8 Å². The fraction of sp³-hybridized carbons (Fsp3) is 0.0952. The average Bonchev–Trinajstić information content (AvgIpc) is 1.66. The molecule has 1 N–H and O–H groups in total. The van der Waals surface area contributed by atoms with E-state index in [-0.39, 0.29) is 0 Å². The van der Waals surface area contributed by atoms with Crippen LogP contribution in [-0.2, 0) is 0 Å². The molecule has 0 saturated heterocycles. The predicted molar refractivity (Wildman–Crippen MR) is 522 cm³/mol. The van der Waals surface area contributed by atoms with E-state index >= 15 is 0 Å². The molecule has 16 heterocycles. The van der Waals surface area contributed by atoms with Crippen molar-refractivity contribution in [2.75, 3.05) is 32.1 Å². The van der Waals surface area contributed by atoms with E-state index in [4.69, 9.17) is 45.4 Å². The minimum atomic E-state index is 0.447. The molecule has 0 atom stereocenters. The Morgan fingerprint density at radius 2 is 0.825 bits per heavy atom. The molecule has 0 saturated carbocycles. The SMILES string of the molecule is CCOc1ccc(-c2nc(-c3ccc(C4=NCCC4)cc3)no2)cc1OCC.CNc1cccc(-c2nc(-c3ccncc3)no2)c1.Cc1cnccc1-c1noc(-c2cc(-c3ccccc3)c(C)s2)n1.c1cc(-c2ccco2)cc(-c2nc(-c3ccncc3)no2)c1.c1cc(-c2cocn2)cc(-c2nc(-c3ccncc3)no2)c1.c1cc(-c2nc(-c3ccncc3)no2)cc(-c2cccs2)c1. The Labute approximate surface area is 792 Å². The van der Waals surface area contributed by atoms with Gasteiger partial charge in [-0.3, -0.25) is 29.9 Å². The third-order valence-corrected chi connectivity index (χ3v) is 22.9. The molecule has 0 aliphatic carbocycles. The number of thiophene rings is 2. The average molecular weight is 1850 g/mol. The van der Waals surface area contributed by atoms with Gasteiger partial charge in [0.05, 0.1) is 24.4 Å². The quantitative estimate of drug-likeness (QED) is 0.0658. The number of hydrogen-bond donors (Lipinski definition) is 1. The summed E-state index contributed by atoms with van der Waals surface area (Å²) in [5.74, 6) is 8.48. The molecule has 7 aromatic carbocycles. The summed E-state index contributed by atoms with van der Waals surface area (Å²) in [4.78, 5) is 59.0. The maximum Gasteiger partial charge on any atom is 0.268 e. The number of aromatic nitrogens is 18. The van der Waals surface area contributed by atoms with Gasteiger partial charge >= 0.3 is 0 Å². The molecule has 1 aliphatic rings. The van der Waals surface area contributed by atoms with E-state index in [1.54, 1.807) is 97.2 Å². The fourth-order valence-electron chi connectivity index (χ4n) is 14.2. The maximum absolute atomic E-state index is 5.68. The van der Waals surface area contributed by atoms with E-state index in [9.17, 15) is 0 Å². The van der Waals surface area contributed by atoms with Crippen LogP contribution in [0.1, 0.15) is 42.7 Å². The van der Waals surface area contributed by atoms with Crippen LogP contribution in [0.5, 0.6) is 11.5 Å². The largest absolute Gasteiger partial charge is 0.490 e. The number of hydrogen-bond acceptors (Lipinski definition) is 32. The van der Waals surface area contributed by atoms with Gasteiger partial charge in [-0.25, -0.2) is 4.98 Å². The van der Waals surface area contributed by atoms with Crippen LogP contribution >= 0.6 is 22.7 Å². The summed E-state index contributed by atoms with van der Waals surface area (Å²) in [5, 5.41) is 29.5. The number of benzene rings is 7. The van der Waals surface area contributed by atoms with Crippen molar-refractivity contribution in [2.45, 2.75) is 40.5 Å². The molecule has 0 unspecified atom stereocenters. The van der Waals surface area contributed by atoms with E-state index in [0.717, 1.165) is 130 Å². The standard InChI is InChI=1S/C22H23N3O3.C19H15N3OS.C17H11N3O2.C17H11N3OS.C16H10N4O2.C14H12N4O/c1-3-26-19-12-11-17(14-20(19)27-4-2)22-24-21(25-28-22)16-9-7-15(8-10-16)18-6-5-13-23-18;1-12-11-20-9-8-15(12)18-21-19(23-22-18)17-10-16(13(2)24-17)14-6-4-3-5-7-14;1-3-13(15-5-2-10-21-15)11-14(4-1)17-19-16(20-22-17)12-6-8-18-9-7-12;1-3-13(15-5-2-10-22-15)11-14(4-1)17-19-16(20-21-17)12-6-8-18-9-7-12;1-2-12(14-9-21-10-18-14)8-13(3-1)16-19-15(20-22-16)11-4-6-17-7-5-11;1-15-12-4-2-3-11(9-12)14-17-13(18-19-14)10-5-7-16-8-6-10/h7-12,14H,3-6,13H2,1-2H3;3-11H,1-2H3;2*1-11H;1-10H;2-9,15H,1H3. The summed E-state index contributed by atoms with van der Waals surface area (Å²) in [6, 6.07) is 82.2. The van der Waals surface area contributed by atoms with Gasteiger partial charge in [-0.15, -0.1) is 22.7 Å². The first-order valence-corrected chi connectivity index (χ1v) is 45.1. The number of ether oxygens (including phenoxy) is 2. The lowest BCUT2D eigenvalue weighted by Crippen LogP contribution is -1.98. The Bertz CT molecular complexity index is 7270. The Morgan fingerprint density at radius 3 is 1.33 bits per heavy atom. The van der Waals surface area contributed by atoms with E-state index < -0.39 is 0 Å². The van der Waals surface area contributed by atoms with Crippen molar-refractivity contribution in [2.24, 2.45) is 4.99 Å². The highest BCUT2D eigenvalue weighted by Crippen LogP contribution is 2.40. The topological polar surface area (TPSA) is 380 Å². The molecule has 30 nitrogen and oxygen atoms in total. The van der Waals surface area contributed by atoms with Crippen molar-refractivity contribution >= 4 is 34.1 Å². The minimum absolute atomic E-state index is 0.447. The molecule has 137 heavy (non-hydrogen) atoms. The molecule has 674 valence electrons. The van der Waals surface area contributed by atoms with Crippen LogP contribution in [0.3, 0.4) is 0 Å². The van der Waals surface area contributed by atoms with Crippen LogP contribution in [0, 0.1) is 13.8 Å². The zero-order valence-electron chi connectivity index (χ0n) is 74.3. The van der Waals surface area contributed by atoms with Crippen LogP contribution in [0.15, 0.2) is 382 Å². The summed E-state index contributed by atoms with van der Waals surface area (Å²) < 4.78 is 54.1. The van der Waals surface area contributed by atoms with Crippen LogP contribution in [0.4, 0.5) is 5.69 Å². The zero-order chi connectivity index (χ0) is 93.3. The molecule has 1 aliphatic heterocycles. The smallest absolute Gasteiger partial charge is 0.268 e. The van der Waals surface area contributed by atoms with Gasteiger partial charge in [0.25, 0.3) is 35.3 Å². The molecule has 32 heteroatoms. The maximum atomic E-state index is 5.68. The Morgan fingerprint density at radius 1 is 0.365 bits per heavy atom. The molecule has 0 spiro atoms. The van der Waals surface area contributed by atoms with Crippen molar-refractivity contribution < 1.29 is 45.4 Å². The van der Waals surface area contributed by atoms with E-state index in [1.165, 1.54) is 33.0 Å². The summed E-state index contributed by atoms with van der Waals surface area (Å²) in [7, 11) is 1.87. The lowest BCUT2D eigenvalue weighted by molar-refractivity contribution is 0.288. The lowest BCUT2D eigenvalue weighted by atomic mass is 10.1. The van der Waals surface area contributed by atoms with Gasteiger partial charge in [0.1, 0.15) is 17.7 Å². The molecule has 0 fully saturated rings. The van der Waals surface area contributed by atoms with Gasteiger partial charge in [0.15, 0.2) is 17.9 Å². The van der Waals surface area contributed by atoms with E-state index in [0.29, 0.717) is 95.0 Å². The van der Waals surface area contributed by atoms with Crippen LogP contribution < -0.4 is 14.8 Å². The van der Waals surface area contributed by atoms with Gasteiger partial charge in [0.2, 0.25) is 34.9 Å². The van der Waals surface area contributed by atoms with Crippen molar-refractivity contribution in [1.82, 2.24) is 90.7 Å². The number of nitrogens with zero attached hydrogens (tertiary/aromatic N) is 19. The molecule has 15 aromatic heterocycles. The second-order valence-electron chi connectivity index (χ2n) is 30.1. The van der Waals surface area contributed by atoms with Gasteiger partial charge in [-0.1, -0.05) is 134 Å². The molecule has 23 rings (SSSR count). The lowest BCUT2D eigenvalue weighted by Gasteiger charge is -2.11. The number of nitrogens with one attached hydrogen (secondary N) is 1. The highest BCUT2D eigenvalue weighted by molar-refractivity contribution is 7.15. The van der Waals surface area contributed by atoms with Gasteiger partial charge in [-0.05, 0) is 225 Å². The highest BCUT2D eigenvalue weighted by Gasteiger charge is 2.22. The Kier molecular flexibility index (Phi) is 28.7. The third-order valence-electron chi connectivity index (χ3n) is 21.0. The highest BCUT2D eigenvalue weighted by atomic mass is 32.1. The number of rotatable bonds is 22. The number of anilines is 1. The van der Waals surface area contributed by atoms with Crippen LogP contribution in [0.25, 0.3) is 181 Å². The van der Waals surface area contributed by atoms with E-state index in [2.05, 4.69) is 162 Å². The number of aryl methyl sites for hydroxylation is 2. The molecule has 0 bridgehead atoms. The van der Waals surface area contributed by atoms with Crippen molar-refractivity contribution in [1.29, 1.82) is 0 Å². The number of oxazole rings is 1. The zero-order valence-corrected chi connectivity index (χ0v) is 75.9. The van der Waals surface area contributed by atoms with Gasteiger partial charge in [0, 0.05) is 169 Å². The minimum Gasteiger partial charge on any atom is -0.490 e. The Balaban J connectivity index is 0.000000110. The normalized spacial score (nSPS) is 11.3. The third kappa shape index (κ3) is 22.5. The second kappa shape index (κ2) is 43.9. The monoisotopic (exact) mass is 1850 g/mol. The summed E-state index contributed by atoms with van der Waals surface area (Å²) in [6.45, 7) is 10.0. The van der Waals surface area contributed by atoms with Gasteiger partial charge in [-0.2, -0.15) is 29.9 Å². The predicted octanol–water partition coefficient (Wildman–Crippen LogP) is 24.8. The van der Waals surface area contributed by atoms with Crippen molar-refractivity contribution in [3.8, 4) is 192 Å². The molecule has 0 amide bonds. The van der Waals surface area contributed by atoms with Crippen LogP contribution in [0.2, 0.25) is 0 Å². The first-order valence-electron chi connectivity index (χ1n) is 43.4.